The number of para-hydroxylation sites is 1. The summed E-state index contributed by atoms with van der Waals surface area (Å²) in [6.07, 6.45) is 0.438. The molecule has 1 aliphatic heterocycles. The van der Waals surface area contributed by atoms with E-state index in [0.29, 0.717) is 13.0 Å². The number of H-pyrrole nitrogens is 1. The maximum Gasteiger partial charge on any atom is 0.321 e. The Labute approximate surface area is 199 Å². The first-order valence-corrected chi connectivity index (χ1v) is 11.6. The van der Waals surface area contributed by atoms with Crippen molar-refractivity contribution in [1.29, 1.82) is 0 Å². The van der Waals surface area contributed by atoms with E-state index in [1.54, 1.807) is 7.11 Å². The molecule has 2 aromatic heterocycles. The predicted octanol–water partition coefficient (Wildman–Crippen LogP) is 4.49. The average molecular weight is 509 g/mol. The predicted molar refractivity (Wildman–Crippen MR) is 130 cm³/mol. The summed E-state index contributed by atoms with van der Waals surface area (Å²) in [5, 5.41) is 18.9. The lowest BCUT2D eigenvalue weighted by Gasteiger charge is -2.30. The van der Waals surface area contributed by atoms with Crippen LogP contribution in [0.1, 0.15) is 39.8 Å². The zero-order valence-corrected chi connectivity index (χ0v) is 20.2. The number of methoxy groups -OCH3 is 1. The maximum atomic E-state index is 12.0. The molecule has 33 heavy (non-hydrogen) atoms. The van der Waals surface area contributed by atoms with Crippen molar-refractivity contribution >= 4 is 32.8 Å². The van der Waals surface area contributed by atoms with E-state index < -0.39 is 12.0 Å². The molecule has 1 aliphatic rings. The summed E-state index contributed by atoms with van der Waals surface area (Å²) in [6.45, 7) is 4.54. The van der Waals surface area contributed by atoms with Crippen LogP contribution in [0.2, 0.25) is 0 Å². The number of aromatic nitrogens is 3. The fraction of sp³-hybridized carbons (Fsp3) is 0.280. The van der Waals surface area contributed by atoms with Crippen molar-refractivity contribution in [3.63, 3.8) is 0 Å². The van der Waals surface area contributed by atoms with Gasteiger partial charge >= 0.3 is 5.97 Å². The number of hydrogen-bond acceptors (Lipinski definition) is 4. The molecule has 3 heterocycles. The second kappa shape index (κ2) is 8.35. The fourth-order valence-electron chi connectivity index (χ4n) is 4.75. The third kappa shape index (κ3) is 3.73. The van der Waals surface area contributed by atoms with Crippen molar-refractivity contribution < 1.29 is 14.6 Å². The number of hydrogen-bond donors (Lipinski definition) is 3. The van der Waals surface area contributed by atoms with Gasteiger partial charge in [0.05, 0.1) is 35.6 Å². The molecule has 0 spiro atoms. The topological polar surface area (TPSA) is 92.2 Å². The quantitative estimate of drug-likeness (QED) is 0.369. The Kier molecular flexibility index (Phi) is 5.50. The maximum absolute atomic E-state index is 12.0. The molecule has 0 saturated heterocycles. The van der Waals surface area contributed by atoms with Crippen LogP contribution in [0, 0.1) is 13.8 Å². The molecule has 7 nitrogen and oxygen atoms in total. The van der Waals surface area contributed by atoms with E-state index in [1.165, 1.54) is 0 Å². The highest BCUT2D eigenvalue weighted by atomic mass is 79.9. The van der Waals surface area contributed by atoms with Gasteiger partial charge in [0.1, 0.15) is 11.8 Å². The van der Waals surface area contributed by atoms with Gasteiger partial charge in [-0.3, -0.25) is 14.8 Å². The van der Waals surface area contributed by atoms with Crippen LogP contribution in [0.15, 0.2) is 46.9 Å². The number of rotatable bonds is 5. The Morgan fingerprint density at radius 3 is 2.76 bits per heavy atom. The molecule has 5 rings (SSSR count). The van der Waals surface area contributed by atoms with E-state index in [0.717, 1.165) is 54.9 Å². The number of aliphatic carboxylic acids is 1. The highest BCUT2D eigenvalue weighted by Gasteiger charge is 2.34. The van der Waals surface area contributed by atoms with E-state index in [1.807, 2.05) is 54.9 Å². The van der Waals surface area contributed by atoms with E-state index in [9.17, 15) is 9.90 Å². The minimum Gasteiger partial charge on any atom is -0.496 e. The summed E-state index contributed by atoms with van der Waals surface area (Å²) in [7, 11) is 1.66. The number of carboxylic acid groups (broad SMARTS) is 1. The van der Waals surface area contributed by atoms with Crippen molar-refractivity contribution in [2.75, 3.05) is 7.11 Å². The molecule has 170 valence electrons. The molecule has 0 bridgehead atoms. The van der Waals surface area contributed by atoms with Crippen LogP contribution in [-0.4, -0.2) is 39.0 Å². The molecule has 2 atom stereocenters. The summed E-state index contributed by atoms with van der Waals surface area (Å²) in [4.78, 5) is 15.5. The molecule has 0 fully saturated rings. The molecule has 0 amide bonds. The number of carbonyl (C=O) groups is 1. The van der Waals surface area contributed by atoms with Crippen LogP contribution in [0.25, 0.3) is 10.9 Å². The van der Waals surface area contributed by atoms with Crippen LogP contribution < -0.4 is 10.1 Å². The highest BCUT2D eigenvalue weighted by molar-refractivity contribution is 9.10. The SMILES string of the molecule is COc1ccc(C2NC(C(=O)O)Cc3c2[nH]c2ccccc32)cc1Cn1nc(C)c(Br)c1C. The number of halogens is 1. The van der Waals surface area contributed by atoms with E-state index in [-0.39, 0.29) is 6.04 Å². The third-order valence-electron chi connectivity index (χ3n) is 6.46. The fourth-order valence-corrected chi connectivity index (χ4v) is 5.03. The van der Waals surface area contributed by atoms with Crippen LogP contribution in [0.4, 0.5) is 0 Å². The monoisotopic (exact) mass is 508 g/mol. The van der Waals surface area contributed by atoms with E-state index in [2.05, 4.69) is 37.4 Å². The van der Waals surface area contributed by atoms with Gasteiger partial charge in [-0.15, -0.1) is 0 Å². The molecule has 0 aliphatic carbocycles. The highest BCUT2D eigenvalue weighted by Crippen LogP contribution is 2.37. The molecule has 8 heteroatoms. The Hall–Kier alpha value is -3.10. The van der Waals surface area contributed by atoms with Gasteiger partial charge in [0.15, 0.2) is 0 Å². The molecule has 4 aromatic rings. The van der Waals surface area contributed by atoms with Crippen molar-refractivity contribution in [3.05, 3.63) is 80.7 Å². The molecule has 0 saturated carbocycles. The minimum absolute atomic E-state index is 0.279. The number of fused-ring (bicyclic) bond motifs is 3. The van der Waals surface area contributed by atoms with Crippen molar-refractivity contribution in [1.82, 2.24) is 20.1 Å². The number of nitrogens with one attached hydrogen (secondary N) is 2. The Balaban J connectivity index is 1.60. The largest absolute Gasteiger partial charge is 0.496 e. The van der Waals surface area contributed by atoms with Gasteiger partial charge in [0.25, 0.3) is 0 Å². The number of benzene rings is 2. The number of nitrogens with zero attached hydrogens (tertiary/aromatic N) is 2. The van der Waals surface area contributed by atoms with Gasteiger partial charge in [-0.25, -0.2) is 0 Å². The third-order valence-corrected chi connectivity index (χ3v) is 7.61. The van der Waals surface area contributed by atoms with Crippen LogP contribution in [0.3, 0.4) is 0 Å². The van der Waals surface area contributed by atoms with Gasteiger partial charge < -0.3 is 14.8 Å². The molecule has 3 N–H and O–H groups in total. The van der Waals surface area contributed by atoms with Crippen LogP contribution >= 0.6 is 15.9 Å². The Morgan fingerprint density at radius 2 is 2.06 bits per heavy atom. The molecule has 0 radical (unpaired) electrons. The first-order chi connectivity index (χ1) is 15.9. The van der Waals surface area contributed by atoms with Gasteiger partial charge in [-0.05, 0) is 59.1 Å². The summed E-state index contributed by atoms with van der Waals surface area (Å²) in [5.41, 5.74) is 7.01. The zero-order chi connectivity index (χ0) is 23.3. The smallest absolute Gasteiger partial charge is 0.321 e. The van der Waals surface area contributed by atoms with E-state index >= 15 is 0 Å². The van der Waals surface area contributed by atoms with Crippen molar-refractivity contribution in [2.24, 2.45) is 0 Å². The number of aryl methyl sites for hydroxylation is 1. The Morgan fingerprint density at radius 1 is 1.27 bits per heavy atom. The van der Waals surface area contributed by atoms with Crippen LogP contribution in [-0.2, 0) is 17.8 Å². The lowest BCUT2D eigenvalue weighted by molar-refractivity contribution is -0.139. The average Bonchev–Trinajstić information content (AvgIpc) is 3.31. The van der Waals surface area contributed by atoms with Crippen LogP contribution in [0.5, 0.6) is 5.75 Å². The zero-order valence-electron chi connectivity index (χ0n) is 18.6. The lowest BCUT2D eigenvalue weighted by Crippen LogP contribution is -2.45. The first-order valence-electron chi connectivity index (χ1n) is 10.8. The summed E-state index contributed by atoms with van der Waals surface area (Å²) < 4.78 is 8.59. The standard InChI is InChI=1S/C25H25BrN4O3/c1-13-22(26)14(2)30(29-13)12-16-10-15(8-9-21(16)33-3)23-24-18(11-20(28-23)25(31)32)17-6-4-5-7-19(17)27-24/h4-10,20,23,27-28H,11-12H2,1-3H3,(H,31,32). The van der Waals surface area contributed by atoms with Gasteiger partial charge in [-0.2, -0.15) is 5.10 Å². The molecule has 2 aromatic carbocycles. The van der Waals surface area contributed by atoms with Crippen molar-refractivity contribution in [3.8, 4) is 5.75 Å². The lowest BCUT2D eigenvalue weighted by atomic mass is 9.89. The molecule has 2 unspecified atom stereocenters. The van der Waals surface area contributed by atoms with E-state index in [4.69, 9.17) is 4.74 Å². The minimum atomic E-state index is -0.850. The molecular weight excluding hydrogens is 484 g/mol. The number of aromatic amines is 1. The summed E-state index contributed by atoms with van der Waals surface area (Å²) in [6, 6.07) is 13.1. The molecular formula is C25H25BrN4O3. The number of ether oxygens (including phenoxy) is 1. The van der Waals surface area contributed by atoms with Gasteiger partial charge in [0.2, 0.25) is 0 Å². The first kappa shape index (κ1) is 21.7. The number of carboxylic acids is 1. The van der Waals surface area contributed by atoms with Gasteiger partial charge in [0, 0.05) is 28.6 Å². The Bertz CT molecular complexity index is 1370. The van der Waals surface area contributed by atoms with Gasteiger partial charge in [-0.1, -0.05) is 24.3 Å². The second-order valence-corrected chi connectivity index (χ2v) is 9.26. The summed E-state index contributed by atoms with van der Waals surface area (Å²) >= 11 is 3.60. The van der Waals surface area contributed by atoms with Crippen molar-refractivity contribution in [2.45, 2.75) is 38.9 Å². The normalized spacial score (nSPS) is 17.8. The second-order valence-electron chi connectivity index (χ2n) is 8.47. The summed E-state index contributed by atoms with van der Waals surface area (Å²) in [5.74, 6) is -0.0814.